The Bertz CT molecular complexity index is 454. The van der Waals surface area contributed by atoms with E-state index in [4.69, 9.17) is 11.6 Å². The maximum absolute atomic E-state index is 11.1. The van der Waals surface area contributed by atoms with Crippen molar-refractivity contribution in [2.45, 2.75) is 26.3 Å². The van der Waals surface area contributed by atoms with E-state index in [1.807, 2.05) is 14.1 Å². The summed E-state index contributed by atoms with van der Waals surface area (Å²) < 4.78 is 0. The summed E-state index contributed by atoms with van der Waals surface area (Å²) in [6.07, 6.45) is 0.942. The lowest BCUT2D eigenvalue weighted by Crippen LogP contribution is -2.33. The molecular weight excluding hydrogens is 278 g/mol. The molecule has 0 fully saturated rings. The molecule has 0 heterocycles. The van der Waals surface area contributed by atoms with Crippen molar-refractivity contribution < 1.29 is 4.92 Å². The summed E-state index contributed by atoms with van der Waals surface area (Å²) in [4.78, 5) is 12.8. The van der Waals surface area contributed by atoms with E-state index in [1.165, 1.54) is 6.07 Å². The second-order valence-corrected chi connectivity index (χ2v) is 6.09. The Balaban J connectivity index is 2.94. The van der Waals surface area contributed by atoms with Crippen LogP contribution in [0, 0.1) is 16.0 Å². The minimum atomic E-state index is -0.406. The van der Waals surface area contributed by atoms with Crippen LogP contribution in [-0.2, 0) is 0 Å². The average molecular weight is 300 g/mol. The van der Waals surface area contributed by atoms with Crippen LogP contribution in [0.1, 0.15) is 20.3 Å². The van der Waals surface area contributed by atoms with E-state index in [9.17, 15) is 10.1 Å². The molecule has 0 saturated carbocycles. The SMILES string of the molecule is CC(C)CC(CN(C)C)Nc1ccc(Cl)cc1[N+](=O)[O-]. The Hall–Kier alpha value is -1.33. The minimum Gasteiger partial charge on any atom is -0.375 e. The van der Waals surface area contributed by atoms with E-state index in [-0.39, 0.29) is 11.7 Å². The molecule has 5 nitrogen and oxygen atoms in total. The van der Waals surface area contributed by atoms with Crippen molar-refractivity contribution in [2.75, 3.05) is 26.0 Å². The number of nitro benzene ring substituents is 1. The van der Waals surface area contributed by atoms with Crippen LogP contribution in [0.3, 0.4) is 0 Å². The highest BCUT2D eigenvalue weighted by Gasteiger charge is 2.19. The standard InChI is InChI=1S/C14H22ClN3O2/c1-10(2)7-12(9-17(3)4)16-13-6-5-11(15)8-14(13)18(19)20/h5-6,8,10,12,16H,7,9H2,1-4H3. The molecule has 1 unspecified atom stereocenters. The van der Waals surface area contributed by atoms with Crippen molar-refractivity contribution >= 4 is 23.0 Å². The van der Waals surface area contributed by atoms with Gasteiger partial charge in [0, 0.05) is 23.7 Å². The van der Waals surface area contributed by atoms with Crippen LogP contribution in [0.15, 0.2) is 18.2 Å². The number of nitro groups is 1. The summed E-state index contributed by atoms with van der Waals surface area (Å²) in [5.41, 5.74) is 0.539. The number of hydrogen-bond donors (Lipinski definition) is 1. The number of likely N-dealkylation sites (N-methyl/N-ethyl adjacent to an activating group) is 1. The van der Waals surface area contributed by atoms with Gasteiger partial charge in [-0.05, 0) is 38.6 Å². The molecule has 0 aliphatic carbocycles. The Kier molecular flexibility index (Phi) is 6.23. The first-order valence-electron chi connectivity index (χ1n) is 6.64. The van der Waals surface area contributed by atoms with Crippen molar-refractivity contribution in [2.24, 2.45) is 5.92 Å². The summed E-state index contributed by atoms with van der Waals surface area (Å²) in [6.45, 7) is 5.10. The van der Waals surface area contributed by atoms with Crippen molar-refractivity contribution in [3.05, 3.63) is 33.3 Å². The first kappa shape index (κ1) is 16.7. The molecule has 1 atom stereocenters. The number of halogens is 1. The quantitative estimate of drug-likeness (QED) is 0.617. The van der Waals surface area contributed by atoms with Gasteiger partial charge in [-0.1, -0.05) is 25.4 Å². The second-order valence-electron chi connectivity index (χ2n) is 5.65. The largest absolute Gasteiger partial charge is 0.375 e. The Morgan fingerprint density at radius 2 is 2.05 bits per heavy atom. The van der Waals surface area contributed by atoms with Crippen LogP contribution in [0.25, 0.3) is 0 Å². The highest BCUT2D eigenvalue weighted by Crippen LogP contribution is 2.29. The lowest BCUT2D eigenvalue weighted by Gasteiger charge is -2.24. The van der Waals surface area contributed by atoms with Gasteiger partial charge in [0.2, 0.25) is 0 Å². The molecule has 112 valence electrons. The summed E-state index contributed by atoms with van der Waals surface area (Å²) in [5.74, 6) is 0.513. The maximum Gasteiger partial charge on any atom is 0.293 e. The number of anilines is 1. The molecule has 0 spiro atoms. The van der Waals surface area contributed by atoms with E-state index in [0.29, 0.717) is 16.6 Å². The fraction of sp³-hybridized carbons (Fsp3) is 0.571. The Labute approximate surface area is 125 Å². The maximum atomic E-state index is 11.1. The second kappa shape index (κ2) is 7.45. The molecule has 6 heteroatoms. The molecule has 0 radical (unpaired) electrons. The van der Waals surface area contributed by atoms with Gasteiger partial charge in [0.15, 0.2) is 0 Å². The third-order valence-electron chi connectivity index (χ3n) is 2.86. The van der Waals surface area contributed by atoms with E-state index < -0.39 is 4.92 Å². The molecule has 0 bridgehead atoms. The normalized spacial score (nSPS) is 12.8. The van der Waals surface area contributed by atoms with Gasteiger partial charge in [-0.25, -0.2) is 0 Å². The zero-order chi connectivity index (χ0) is 15.3. The minimum absolute atomic E-state index is 0.0185. The summed E-state index contributed by atoms with van der Waals surface area (Å²) in [6, 6.07) is 4.87. The highest BCUT2D eigenvalue weighted by atomic mass is 35.5. The lowest BCUT2D eigenvalue weighted by atomic mass is 10.0. The van der Waals surface area contributed by atoms with Crippen LogP contribution < -0.4 is 5.32 Å². The number of hydrogen-bond acceptors (Lipinski definition) is 4. The number of nitrogens with one attached hydrogen (secondary N) is 1. The monoisotopic (exact) mass is 299 g/mol. The topological polar surface area (TPSA) is 58.4 Å². The van der Waals surface area contributed by atoms with Crippen LogP contribution in [0.4, 0.5) is 11.4 Å². The number of rotatable bonds is 7. The predicted octanol–water partition coefficient (Wildman–Crippen LogP) is 3.64. The summed E-state index contributed by atoms with van der Waals surface area (Å²) in [7, 11) is 3.98. The molecule has 1 rings (SSSR count). The number of nitrogens with zero attached hydrogens (tertiary/aromatic N) is 2. The first-order chi connectivity index (χ1) is 9.29. The molecule has 1 N–H and O–H groups in total. The molecular formula is C14H22ClN3O2. The van der Waals surface area contributed by atoms with Crippen molar-refractivity contribution in [3.8, 4) is 0 Å². The molecule has 0 saturated heterocycles. The van der Waals surface area contributed by atoms with Crippen molar-refractivity contribution in [1.82, 2.24) is 4.90 Å². The van der Waals surface area contributed by atoms with Gasteiger partial charge < -0.3 is 10.2 Å². The molecule has 0 aromatic heterocycles. The summed E-state index contributed by atoms with van der Waals surface area (Å²) in [5, 5.41) is 14.7. The molecule has 0 amide bonds. The van der Waals surface area contributed by atoms with Gasteiger partial charge in [0.25, 0.3) is 5.69 Å². The highest BCUT2D eigenvalue weighted by molar-refractivity contribution is 6.30. The third kappa shape index (κ3) is 5.35. The van der Waals surface area contributed by atoms with E-state index in [0.717, 1.165) is 13.0 Å². The van der Waals surface area contributed by atoms with Gasteiger partial charge in [0.05, 0.1) is 4.92 Å². The molecule has 0 aliphatic rings. The van der Waals surface area contributed by atoms with E-state index in [2.05, 4.69) is 24.1 Å². The molecule has 1 aromatic carbocycles. The van der Waals surface area contributed by atoms with E-state index >= 15 is 0 Å². The lowest BCUT2D eigenvalue weighted by molar-refractivity contribution is -0.384. The molecule has 20 heavy (non-hydrogen) atoms. The van der Waals surface area contributed by atoms with Gasteiger partial charge in [0.1, 0.15) is 5.69 Å². The smallest absolute Gasteiger partial charge is 0.293 e. The molecule has 1 aromatic rings. The van der Waals surface area contributed by atoms with Gasteiger partial charge in [-0.3, -0.25) is 10.1 Å². The molecule has 0 aliphatic heterocycles. The third-order valence-corrected chi connectivity index (χ3v) is 3.09. The fourth-order valence-corrected chi connectivity index (χ4v) is 2.35. The van der Waals surface area contributed by atoms with Gasteiger partial charge in [-0.15, -0.1) is 0 Å². The van der Waals surface area contributed by atoms with Gasteiger partial charge >= 0.3 is 0 Å². The average Bonchev–Trinajstić information content (AvgIpc) is 2.29. The van der Waals surface area contributed by atoms with E-state index in [1.54, 1.807) is 12.1 Å². The first-order valence-corrected chi connectivity index (χ1v) is 7.02. The predicted molar refractivity (Wildman–Crippen MR) is 83.5 cm³/mol. The zero-order valence-corrected chi connectivity index (χ0v) is 13.1. The Morgan fingerprint density at radius 1 is 1.40 bits per heavy atom. The van der Waals surface area contributed by atoms with Crippen LogP contribution in [-0.4, -0.2) is 36.5 Å². The van der Waals surface area contributed by atoms with Crippen molar-refractivity contribution in [1.29, 1.82) is 0 Å². The van der Waals surface area contributed by atoms with Crippen LogP contribution >= 0.6 is 11.6 Å². The van der Waals surface area contributed by atoms with Gasteiger partial charge in [-0.2, -0.15) is 0 Å². The van der Waals surface area contributed by atoms with Crippen LogP contribution in [0.5, 0.6) is 0 Å². The van der Waals surface area contributed by atoms with Crippen molar-refractivity contribution in [3.63, 3.8) is 0 Å². The Morgan fingerprint density at radius 3 is 2.55 bits per heavy atom. The number of benzene rings is 1. The fourth-order valence-electron chi connectivity index (χ4n) is 2.19. The van der Waals surface area contributed by atoms with Crippen LogP contribution in [0.2, 0.25) is 5.02 Å². The summed E-state index contributed by atoms with van der Waals surface area (Å²) >= 11 is 5.83. The zero-order valence-electron chi connectivity index (χ0n) is 12.4.